The normalized spacial score (nSPS) is 17.2. The van der Waals surface area contributed by atoms with Gasteiger partial charge in [-0.25, -0.2) is 19.6 Å². The smallest absolute Gasteiger partial charge is 0.434 e. The predicted octanol–water partition coefficient (Wildman–Crippen LogP) is 5.79. The van der Waals surface area contributed by atoms with Crippen LogP contribution in [-0.4, -0.2) is 81.3 Å². The number of aliphatic carboxylic acids is 1. The Balaban J connectivity index is 1.61. The number of aromatic nitrogens is 3. The van der Waals surface area contributed by atoms with E-state index < -0.39 is 30.0 Å². The van der Waals surface area contributed by atoms with Crippen molar-refractivity contribution in [1.29, 1.82) is 0 Å². The number of unbranched alkanes of at least 4 members (excludes halogenated alkanes) is 2. The van der Waals surface area contributed by atoms with Crippen LogP contribution in [0.3, 0.4) is 0 Å². The number of urea groups is 1. The third-order valence-electron chi connectivity index (χ3n) is 7.08. The molecule has 0 saturated carbocycles. The van der Waals surface area contributed by atoms with Crippen LogP contribution >= 0.6 is 11.3 Å². The Hall–Kier alpha value is -3.94. The molecule has 2 aromatic heterocycles. The van der Waals surface area contributed by atoms with E-state index in [0.29, 0.717) is 35.2 Å². The SMILES string of the molecule is C=CCCCCN(C)C(=O)N1CCC(Oc2nc(-c3nc(C(F)(F)F)cs3)nc3c(C)c(OC)ccc23)CC1C(=O)O. The van der Waals surface area contributed by atoms with Crippen molar-refractivity contribution in [3.63, 3.8) is 0 Å². The maximum Gasteiger partial charge on any atom is 0.434 e. The lowest BCUT2D eigenvalue weighted by Crippen LogP contribution is -2.55. The van der Waals surface area contributed by atoms with Crippen molar-refractivity contribution in [3.8, 4) is 22.5 Å². The molecule has 10 nitrogen and oxygen atoms in total. The van der Waals surface area contributed by atoms with Gasteiger partial charge in [-0.05, 0) is 38.3 Å². The van der Waals surface area contributed by atoms with Gasteiger partial charge in [0.15, 0.2) is 16.5 Å². The third kappa shape index (κ3) is 6.75. The molecule has 1 aliphatic rings. The van der Waals surface area contributed by atoms with E-state index in [1.165, 1.54) is 16.9 Å². The number of carboxylic acid groups (broad SMARTS) is 1. The maximum absolute atomic E-state index is 13.2. The number of thiazole rings is 1. The molecular formula is C28H32F3N5O5S. The molecule has 1 aromatic carbocycles. The number of halogens is 3. The number of likely N-dealkylation sites (tertiary alicyclic amines) is 1. The van der Waals surface area contributed by atoms with Crippen LogP contribution in [0.5, 0.6) is 11.6 Å². The topological polar surface area (TPSA) is 118 Å². The molecule has 2 amide bonds. The molecule has 3 aromatic rings. The molecule has 1 fully saturated rings. The van der Waals surface area contributed by atoms with E-state index in [1.807, 2.05) is 6.08 Å². The summed E-state index contributed by atoms with van der Waals surface area (Å²) in [5.41, 5.74) is -0.0299. The molecule has 2 atom stereocenters. The van der Waals surface area contributed by atoms with Gasteiger partial charge in [-0.1, -0.05) is 6.08 Å². The van der Waals surface area contributed by atoms with Gasteiger partial charge in [0.2, 0.25) is 5.88 Å². The number of hydrogen-bond acceptors (Lipinski definition) is 8. The van der Waals surface area contributed by atoms with Crippen LogP contribution in [-0.2, 0) is 11.0 Å². The van der Waals surface area contributed by atoms with Crippen molar-refractivity contribution in [2.75, 3.05) is 27.2 Å². The lowest BCUT2D eigenvalue weighted by atomic mass is 9.99. The zero-order valence-corrected chi connectivity index (χ0v) is 24.3. The molecule has 42 heavy (non-hydrogen) atoms. The zero-order chi connectivity index (χ0) is 30.6. The molecule has 2 unspecified atom stereocenters. The number of carboxylic acids is 1. The number of hydrogen-bond donors (Lipinski definition) is 1. The van der Waals surface area contributed by atoms with Crippen molar-refractivity contribution in [1.82, 2.24) is 24.8 Å². The number of carbonyl (C=O) groups excluding carboxylic acids is 1. The number of aryl methyl sites for hydroxylation is 1. The molecule has 3 heterocycles. The Morgan fingerprint density at radius 3 is 2.67 bits per heavy atom. The fraction of sp³-hybridized carbons (Fsp3) is 0.464. The Morgan fingerprint density at radius 1 is 1.26 bits per heavy atom. The van der Waals surface area contributed by atoms with Crippen LogP contribution in [0.15, 0.2) is 30.2 Å². The molecular weight excluding hydrogens is 575 g/mol. The summed E-state index contributed by atoms with van der Waals surface area (Å²) in [6, 6.07) is 1.87. The van der Waals surface area contributed by atoms with Crippen molar-refractivity contribution in [2.24, 2.45) is 0 Å². The molecule has 1 aliphatic heterocycles. The second-order valence-electron chi connectivity index (χ2n) is 9.98. The molecule has 0 spiro atoms. The minimum absolute atomic E-state index is 0.00316. The van der Waals surface area contributed by atoms with Crippen LogP contribution in [0.4, 0.5) is 18.0 Å². The lowest BCUT2D eigenvalue weighted by molar-refractivity contribution is -0.145. The number of benzene rings is 1. The number of allylic oxidation sites excluding steroid dienone is 1. The first kappa shape index (κ1) is 31.0. The average Bonchev–Trinajstić information content (AvgIpc) is 3.47. The molecule has 0 aliphatic carbocycles. The van der Waals surface area contributed by atoms with Gasteiger partial charge in [0.1, 0.15) is 17.9 Å². The van der Waals surface area contributed by atoms with E-state index >= 15 is 0 Å². The molecule has 0 radical (unpaired) electrons. The van der Waals surface area contributed by atoms with E-state index in [-0.39, 0.29) is 35.7 Å². The number of amides is 2. The van der Waals surface area contributed by atoms with Gasteiger partial charge in [0.05, 0.1) is 18.0 Å². The maximum atomic E-state index is 13.2. The number of ether oxygens (including phenoxy) is 2. The number of piperidine rings is 1. The Kier molecular flexibility index (Phi) is 9.54. The summed E-state index contributed by atoms with van der Waals surface area (Å²) in [7, 11) is 3.13. The highest BCUT2D eigenvalue weighted by atomic mass is 32.1. The van der Waals surface area contributed by atoms with E-state index in [2.05, 4.69) is 21.5 Å². The highest BCUT2D eigenvalue weighted by molar-refractivity contribution is 7.13. The summed E-state index contributed by atoms with van der Waals surface area (Å²) in [6.07, 6.45) is -0.654. The third-order valence-corrected chi connectivity index (χ3v) is 7.92. The number of methoxy groups -OCH3 is 1. The molecule has 226 valence electrons. The van der Waals surface area contributed by atoms with E-state index in [0.717, 1.165) is 36.0 Å². The molecule has 1 N–H and O–H groups in total. The number of fused-ring (bicyclic) bond motifs is 1. The van der Waals surface area contributed by atoms with Crippen molar-refractivity contribution < 1.29 is 37.3 Å². The van der Waals surface area contributed by atoms with Crippen molar-refractivity contribution in [2.45, 2.75) is 57.3 Å². The van der Waals surface area contributed by atoms with Gasteiger partial charge in [0, 0.05) is 43.9 Å². The zero-order valence-electron chi connectivity index (χ0n) is 23.5. The number of rotatable bonds is 10. The second kappa shape index (κ2) is 12.9. The van der Waals surface area contributed by atoms with Gasteiger partial charge in [0.25, 0.3) is 0 Å². The molecule has 4 rings (SSSR count). The van der Waals surface area contributed by atoms with E-state index in [1.54, 1.807) is 26.1 Å². The van der Waals surface area contributed by atoms with Crippen LogP contribution in [0.25, 0.3) is 21.7 Å². The lowest BCUT2D eigenvalue weighted by Gasteiger charge is -2.38. The summed E-state index contributed by atoms with van der Waals surface area (Å²) in [6.45, 7) is 6.07. The van der Waals surface area contributed by atoms with Crippen molar-refractivity contribution in [3.05, 3.63) is 41.4 Å². The van der Waals surface area contributed by atoms with E-state index in [9.17, 15) is 27.9 Å². The minimum Gasteiger partial charge on any atom is -0.496 e. The van der Waals surface area contributed by atoms with Crippen LogP contribution < -0.4 is 9.47 Å². The van der Waals surface area contributed by atoms with Gasteiger partial charge >= 0.3 is 18.2 Å². The van der Waals surface area contributed by atoms with Crippen LogP contribution in [0.1, 0.15) is 43.4 Å². The first-order chi connectivity index (χ1) is 19.9. The Labute approximate surface area is 244 Å². The molecule has 1 saturated heterocycles. The summed E-state index contributed by atoms with van der Waals surface area (Å²) < 4.78 is 51.3. The first-order valence-electron chi connectivity index (χ1n) is 13.3. The fourth-order valence-corrected chi connectivity index (χ4v) is 5.57. The largest absolute Gasteiger partial charge is 0.496 e. The number of carbonyl (C=O) groups is 2. The summed E-state index contributed by atoms with van der Waals surface area (Å²) in [5, 5.41) is 11.3. The quantitative estimate of drug-likeness (QED) is 0.227. The first-order valence-corrected chi connectivity index (χ1v) is 14.2. The average molecular weight is 608 g/mol. The summed E-state index contributed by atoms with van der Waals surface area (Å²) >= 11 is 0.753. The van der Waals surface area contributed by atoms with Gasteiger partial charge in [-0.3, -0.25) is 0 Å². The predicted molar refractivity (Wildman–Crippen MR) is 151 cm³/mol. The molecule has 14 heteroatoms. The highest BCUT2D eigenvalue weighted by Gasteiger charge is 2.39. The second-order valence-corrected chi connectivity index (χ2v) is 10.8. The van der Waals surface area contributed by atoms with Crippen molar-refractivity contribution >= 4 is 34.2 Å². The van der Waals surface area contributed by atoms with Gasteiger partial charge in [-0.2, -0.15) is 18.2 Å². The van der Waals surface area contributed by atoms with Crippen LogP contribution in [0, 0.1) is 6.92 Å². The Bertz CT molecular complexity index is 1460. The highest BCUT2D eigenvalue weighted by Crippen LogP contribution is 2.37. The minimum atomic E-state index is -4.62. The van der Waals surface area contributed by atoms with Crippen LogP contribution in [0.2, 0.25) is 0 Å². The number of nitrogens with zero attached hydrogens (tertiary/aromatic N) is 5. The number of alkyl halides is 3. The summed E-state index contributed by atoms with van der Waals surface area (Å²) in [5.74, 6) is -0.625. The summed E-state index contributed by atoms with van der Waals surface area (Å²) in [4.78, 5) is 40.8. The fourth-order valence-electron chi connectivity index (χ4n) is 4.81. The molecule has 0 bridgehead atoms. The van der Waals surface area contributed by atoms with E-state index in [4.69, 9.17) is 9.47 Å². The van der Waals surface area contributed by atoms with Gasteiger partial charge < -0.3 is 24.4 Å². The Morgan fingerprint density at radius 2 is 2.02 bits per heavy atom. The standard InChI is InChI=1S/C28H32F3N5O5S/c1-5-6-7-8-12-35(3)27(39)36-13-11-17(14-19(36)26(37)38)41-24-18-9-10-20(40-4)16(2)22(18)33-23(34-24)25-32-21(15-42-25)28(29,30)31/h5,9-10,15,17,19H,1,6-8,11-14H2,2-4H3,(H,37,38). The monoisotopic (exact) mass is 607 g/mol. The van der Waals surface area contributed by atoms with Gasteiger partial charge in [-0.15, -0.1) is 17.9 Å².